The standard InChI is InChI=1S/C29H34N4O11/c34-25-9-8-24(27(35)31-25)32-28(36)22-2-1-3-23(26(22)29(32)37)30-10-11-40-12-13-41-14-15-42-16-17-43-18-19-44-21-6-4-20(5-7-21)33(38)39/h1-7,24,30H,8-19H2,(H,31,34,35). The zero-order valence-electron chi connectivity index (χ0n) is 24.0. The molecule has 236 valence electrons. The molecule has 1 unspecified atom stereocenters. The molecule has 0 bridgehead atoms. The molecule has 2 aliphatic rings. The van der Waals surface area contributed by atoms with Crippen molar-refractivity contribution < 1.29 is 47.8 Å². The highest BCUT2D eigenvalue weighted by Crippen LogP contribution is 2.32. The molecule has 0 aliphatic carbocycles. The summed E-state index contributed by atoms with van der Waals surface area (Å²) in [7, 11) is 0. The predicted octanol–water partition coefficient (Wildman–Crippen LogP) is 1.55. The van der Waals surface area contributed by atoms with Gasteiger partial charge in [0.25, 0.3) is 17.5 Å². The van der Waals surface area contributed by atoms with Crippen LogP contribution in [-0.4, -0.2) is 106 Å². The lowest BCUT2D eigenvalue weighted by Gasteiger charge is -2.27. The summed E-state index contributed by atoms with van der Waals surface area (Å²) < 4.78 is 27.3. The van der Waals surface area contributed by atoms with Crippen molar-refractivity contribution in [2.45, 2.75) is 18.9 Å². The number of nitrogens with one attached hydrogen (secondary N) is 2. The highest BCUT2D eigenvalue weighted by atomic mass is 16.6. The zero-order chi connectivity index (χ0) is 31.3. The molecule has 2 aromatic rings. The summed E-state index contributed by atoms with van der Waals surface area (Å²) in [6.45, 7) is 3.65. The van der Waals surface area contributed by atoms with Gasteiger partial charge < -0.3 is 29.0 Å². The number of non-ortho nitro benzene ring substituents is 1. The number of piperidine rings is 1. The number of imide groups is 2. The summed E-state index contributed by atoms with van der Waals surface area (Å²) in [5, 5.41) is 15.9. The van der Waals surface area contributed by atoms with Crippen LogP contribution in [0.5, 0.6) is 5.75 Å². The smallest absolute Gasteiger partial charge is 0.269 e. The number of nitro benzene ring substituents is 1. The van der Waals surface area contributed by atoms with E-state index >= 15 is 0 Å². The van der Waals surface area contributed by atoms with E-state index in [1.54, 1.807) is 18.2 Å². The lowest BCUT2D eigenvalue weighted by Crippen LogP contribution is -2.54. The highest BCUT2D eigenvalue weighted by Gasteiger charge is 2.45. The van der Waals surface area contributed by atoms with Crippen molar-refractivity contribution in [2.75, 3.05) is 71.3 Å². The summed E-state index contributed by atoms with van der Waals surface area (Å²) >= 11 is 0. The number of amides is 4. The Kier molecular flexibility index (Phi) is 12.1. The van der Waals surface area contributed by atoms with Crippen molar-refractivity contribution in [2.24, 2.45) is 0 Å². The minimum Gasteiger partial charge on any atom is -0.491 e. The number of fused-ring (bicyclic) bond motifs is 1. The number of nitrogens with zero attached hydrogens (tertiary/aromatic N) is 2. The van der Waals surface area contributed by atoms with Crippen LogP contribution in [0.15, 0.2) is 42.5 Å². The SMILES string of the molecule is O=C1CCC(N2C(=O)c3cccc(NCCOCCOCCOCCOCCOc4ccc([N+](=O)[O-])cc4)c3C2=O)C(=O)N1. The van der Waals surface area contributed by atoms with Crippen LogP contribution in [0.4, 0.5) is 11.4 Å². The summed E-state index contributed by atoms with van der Waals surface area (Å²) in [4.78, 5) is 60.8. The number of carbonyl (C=O) groups is 4. The average Bonchev–Trinajstić information content (AvgIpc) is 3.27. The third-order valence-electron chi connectivity index (χ3n) is 6.69. The van der Waals surface area contributed by atoms with E-state index in [-0.39, 0.29) is 29.7 Å². The van der Waals surface area contributed by atoms with Gasteiger partial charge in [-0.2, -0.15) is 0 Å². The number of hydrogen-bond acceptors (Lipinski definition) is 12. The van der Waals surface area contributed by atoms with Gasteiger partial charge >= 0.3 is 0 Å². The van der Waals surface area contributed by atoms with Gasteiger partial charge in [-0.05, 0) is 30.7 Å². The molecule has 4 amide bonds. The molecular weight excluding hydrogens is 580 g/mol. The van der Waals surface area contributed by atoms with E-state index in [0.717, 1.165) is 4.90 Å². The first-order valence-electron chi connectivity index (χ1n) is 14.1. The van der Waals surface area contributed by atoms with E-state index in [2.05, 4.69) is 10.6 Å². The van der Waals surface area contributed by atoms with E-state index < -0.39 is 34.6 Å². The van der Waals surface area contributed by atoms with Crippen molar-refractivity contribution in [1.29, 1.82) is 0 Å². The molecule has 4 rings (SSSR count). The second-order valence-corrected chi connectivity index (χ2v) is 9.65. The Morgan fingerprint density at radius 1 is 0.818 bits per heavy atom. The minimum absolute atomic E-state index is 0.00470. The second-order valence-electron chi connectivity index (χ2n) is 9.65. The van der Waals surface area contributed by atoms with Gasteiger partial charge in [0.1, 0.15) is 18.4 Å². The second kappa shape index (κ2) is 16.4. The molecule has 0 saturated carbocycles. The van der Waals surface area contributed by atoms with Crippen molar-refractivity contribution in [3.63, 3.8) is 0 Å². The maximum Gasteiger partial charge on any atom is 0.269 e. The fourth-order valence-corrected chi connectivity index (χ4v) is 4.56. The number of ether oxygens (including phenoxy) is 5. The Morgan fingerprint density at radius 3 is 2.05 bits per heavy atom. The Balaban J connectivity index is 1.00. The topological polar surface area (TPSA) is 185 Å². The van der Waals surface area contributed by atoms with Gasteiger partial charge in [-0.1, -0.05) is 6.07 Å². The van der Waals surface area contributed by atoms with Crippen molar-refractivity contribution >= 4 is 35.0 Å². The zero-order valence-corrected chi connectivity index (χ0v) is 24.0. The van der Waals surface area contributed by atoms with Gasteiger partial charge in [0.2, 0.25) is 11.8 Å². The molecule has 0 spiro atoms. The summed E-state index contributed by atoms with van der Waals surface area (Å²) in [5.74, 6) is -1.67. The first-order valence-corrected chi connectivity index (χ1v) is 14.1. The van der Waals surface area contributed by atoms with E-state index in [9.17, 15) is 29.3 Å². The molecule has 2 N–H and O–H groups in total. The normalized spacial score (nSPS) is 16.2. The monoisotopic (exact) mass is 614 g/mol. The van der Waals surface area contributed by atoms with E-state index in [1.165, 1.54) is 24.3 Å². The first-order chi connectivity index (χ1) is 21.4. The lowest BCUT2D eigenvalue weighted by atomic mass is 10.0. The maximum absolute atomic E-state index is 13.1. The van der Waals surface area contributed by atoms with Gasteiger partial charge in [-0.3, -0.25) is 39.5 Å². The van der Waals surface area contributed by atoms with Gasteiger partial charge in [0.15, 0.2) is 0 Å². The Hall–Kier alpha value is -4.44. The maximum atomic E-state index is 13.1. The summed E-state index contributed by atoms with van der Waals surface area (Å²) in [5.41, 5.74) is 0.881. The minimum atomic E-state index is -1.02. The van der Waals surface area contributed by atoms with Crippen LogP contribution in [0, 0.1) is 10.1 Å². The van der Waals surface area contributed by atoms with Crippen molar-refractivity contribution in [3.8, 4) is 5.75 Å². The summed E-state index contributed by atoms with van der Waals surface area (Å²) in [6, 6.07) is 9.69. The molecule has 2 aromatic carbocycles. The number of carbonyl (C=O) groups excluding carboxylic acids is 4. The highest BCUT2D eigenvalue weighted by molar-refractivity contribution is 6.25. The molecule has 0 radical (unpaired) electrons. The molecule has 2 heterocycles. The first kappa shape index (κ1) is 32.5. The number of hydrogen-bond donors (Lipinski definition) is 2. The van der Waals surface area contributed by atoms with Gasteiger partial charge in [-0.15, -0.1) is 0 Å². The fourth-order valence-electron chi connectivity index (χ4n) is 4.56. The Morgan fingerprint density at radius 2 is 1.43 bits per heavy atom. The predicted molar refractivity (Wildman–Crippen MR) is 153 cm³/mol. The molecule has 44 heavy (non-hydrogen) atoms. The van der Waals surface area contributed by atoms with Gasteiger partial charge in [0, 0.05) is 30.8 Å². The largest absolute Gasteiger partial charge is 0.491 e. The Bertz CT molecular complexity index is 1340. The van der Waals surface area contributed by atoms with Gasteiger partial charge in [-0.25, -0.2) is 0 Å². The van der Waals surface area contributed by atoms with Gasteiger partial charge in [0.05, 0.1) is 68.9 Å². The van der Waals surface area contributed by atoms with Crippen molar-refractivity contribution in [3.05, 3.63) is 63.7 Å². The van der Waals surface area contributed by atoms with Crippen LogP contribution >= 0.6 is 0 Å². The molecule has 1 fully saturated rings. The number of benzene rings is 2. The van der Waals surface area contributed by atoms with Crippen LogP contribution in [0.1, 0.15) is 33.6 Å². The number of rotatable bonds is 19. The third-order valence-corrected chi connectivity index (χ3v) is 6.69. The number of nitro groups is 1. The number of anilines is 1. The Labute approximate surface area is 252 Å². The van der Waals surface area contributed by atoms with Crippen LogP contribution in [0.25, 0.3) is 0 Å². The van der Waals surface area contributed by atoms with Crippen LogP contribution < -0.4 is 15.4 Å². The molecule has 15 heteroatoms. The molecule has 1 atom stereocenters. The third kappa shape index (κ3) is 8.79. The van der Waals surface area contributed by atoms with Crippen molar-refractivity contribution in [1.82, 2.24) is 10.2 Å². The van der Waals surface area contributed by atoms with E-state index in [0.29, 0.717) is 77.4 Å². The van der Waals surface area contributed by atoms with Crippen LogP contribution in [0.2, 0.25) is 0 Å². The van der Waals surface area contributed by atoms with E-state index in [4.69, 9.17) is 23.7 Å². The molecular formula is C29H34N4O11. The fraction of sp³-hybridized carbons (Fsp3) is 0.448. The molecule has 0 aromatic heterocycles. The quantitative estimate of drug-likeness (QED) is 0.101. The van der Waals surface area contributed by atoms with E-state index in [1.807, 2.05) is 0 Å². The summed E-state index contributed by atoms with van der Waals surface area (Å²) in [6.07, 6.45) is 0.158. The average molecular weight is 615 g/mol. The molecule has 2 aliphatic heterocycles. The van der Waals surface area contributed by atoms with Crippen LogP contribution in [-0.2, 0) is 28.5 Å². The molecule has 1 saturated heterocycles. The lowest BCUT2D eigenvalue weighted by molar-refractivity contribution is -0.384. The molecule has 15 nitrogen and oxygen atoms in total. The van der Waals surface area contributed by atoms with Crippen LogP contribution in [0.3, 0.4) is 0 Å².